The SMILES string of the molecule is COc1cccc(-c2c3nc(c(-c4ccc(C#N)cc4)c4ccc([nH]4)c(-c4cccc(OC)c4)c4nc(c(-c5ccc(C#N)cc5)c5ccc2[nH]5)C=C4)C=C3)c1. The lowest BCUT2D eigenvalue weighted by molar-refractivity contribution is 0.415. The fraction of sp³-hybridized carbons (Fsp3) is 0.0417. The van der Waals surface area contributed by atoms with E-state index in [0.29, 0.717) is 11.1 Å². The van der Waals surface area contributed by atoms with Gasteiger partial charge in [0.1, 0.15) is 11.5 Å². The van der Waals surface area contributed by atoms with Crippen LogP contribution in [0.5, 0.6) is 11.5 Å². The fourth-order valence-corrected chi connectivity index (χ4v) is 7.40. The molecule has 0 amide bonds. The van der Waals surface area contributed by atoms with Crippen LogP contribution in [-0.4, -0.2) is 34.2 Å². The molecule has 0 saturated heterocycles. The Labute approximate surface area is 323 Å². The van der Waals surface area contributed by atoms with E-state index in [1.807, 2.05) is 109 Å². The van der Waals surface area contributed by atoms with Crippen molar-refractivity contribution in [1.82, 2.24) is 19.9 Å². The largest absolute Gasteiger partial charge is 0.497 e. The molecule has 3 aromatic heterocycles. The summed E-state index contributed by atoms with van der Waals surface area (Å²) in [5, 5.41) is 19.2. The zero-order chi connectivity index (χ0) is 38.2. The van der Waals surface area contributed by atoms with E-state index in [9.17, 15) is 10.5 Å². The first kappa shape index (κ1) is 33.9. The number of H-pyrrole nitrogens is 2. The Bertz CT molecular complexity index is 2800. The van der Waals surface area contributed by atoms with E-state index in [1.165, 1.54) is 0 Å². The highest BCUT2D eigenvalue weighted by atomic mass is 16.5. The van der Waals surface area contributed by atoms with Crippen LogP contribution in [0.25, 0.3) is 90.9 Å². The molecule has 0 atom stereocenters. The number of ether oxygens (including phenoxy) is 2. The van der Waals surface area contributed by atoms with Gasteiger partial charge in [0.2, 0.25) is 0 Å². The van der Waals surface area contributed by atoms with E-state index in [-0.39, 0.29) is 0 Å². The van der Waals surface area contributed by atoms with Crippen LogP contribution in [0.1, 0.15) is 33.9 Å². The van der Waals surface area contributed by atoms with Gasteiger partial charge in [0.15, 0.2) is 0 Å². The van der Waals surface area contributed by atoms with Crippen LogP contribution in [0.2, 0.25) is 0 Å². The highest BCUT2D eigenvalue weighted by Gasteiger charge is 2.19. The van der Waals surface area contributed by atoms with Crippen molar-refractivity contribution in [2.45, 2.75) is 0 Å². The Balaban J connectivity index is 1.46. The quantitative estimate of drug-likeness (QED) is 0.176. The molecule has 0 aliphatic carbocycles. The van der Waals surface area contributed by atoms with Gasteiger partial charge in [-0.25, -0.2) is 9.97 Å². The van der Waals surface area contributed by atoms with Crippen LogP contribution in [0.3, 0.4) is 0 Å². The molecule has 8 heteroatoms. The Morgan fingerprint density at radius 3 is 1.09 bits per heavy atom. The van der Waals surface area contributed by atoms with Gasteiger partial charge in [-0.3, -0.25) is 0 Å². The van der Waals surface area contributed by atoms with E-state index in [0.717, 1.165) is 101 Å². The molecule has 2 aliphatic heterocycles. The number of hydrogen-bond donors (Lipinski definition) is 2. The lowest BCUT2D eigenvalue weighted by Gasteiger charge is -2.08. The molecule has 2 N–H and O–H groups in total. The molecular weight excluding hydrogens is 693 g/mol. The second-order valence-electron chi connectivity index (χ2n) is 13.3. The predicted molar refractivity (Wildman–Crippen MR) is 223 cm³/mol. The second-order valence-corrected chi connectivity index (χ2v) is 13.3. The van der Waals surface area contributed by atoms with Gasteiger partial charge in [0.05, 0.1) is 60.3 Å². The third-order valence-electron chi connectivity index (χ3n) is 10.1. The van der Waals surface area contributed by atoms with Gasteiger partial charge >= 0.3 is 0 Å². The predicted octanol–water partition coefficient (Wildman–Crippen LogP) is 11.1. The van der Waals surface area contributed by atoms with Crippen LogP contribution in [0.4, 0.5) is 0 Å². The molecule has 0 fully saturated rings. The number of nitriles is 2. The molecule has 0 unspecified atom stereocenters. The van der Waals surface area contributed by atoms with Crippen LogP contribution in [0, 0.1) is 22.7 Å². The zero-order valence-electron chi connectivity index (χ0n) is 30.5. The molecule has 4 aromatic carbocycles. The summed E-state index contributed by atoms with van der Waals surface area (Å²) in [6.07, 6.45) is 8.16. The standard InChI is InChI=1S/C48H32N6O2/c1-55-35-7-3-5-33(25-35)47-41-21-17-37(51-41)45(31-13-9-29(27-49)10-14-31)39-19-23-43(53-39)48(34-6-4-8-36(26-34)56-2)44-24-20-40(54-44)46(38-18-22-42(47)52-38)32-15-11-30(28-50)12-16-32/h3-26,51,54H,1-2H3. The molecule has 8 bridgehead atoms. The van der Waals surface area contributed by atoms with Crippen LogP contribution in [-0.2, 0) is 0 Å². The van der Waals surface area contributed by atoms with Gasteiger partial charge in [-0.15, -0.1) is 0 Å². The lowest BCUT2D eigenvalue weighted by atomic mass is 10.0. The molecule has 5 heterocycles. The lowest BCUT2D eigenvalue weighted by Crippen LogP contribution is -1.91. The van der Waals surface area contributed by atoms with E-state index >= 15 is 0 Å². The Hall–Kier alpha value is -7.94. The van der Waals surface area contributed by atoms with Crippen molar-refractivity contribution in [2.24, 2.45) is 0 Å². The summed E-state index contributed by atoms with van der Waals surface area (Å²) in [6, 6.07) is 43.8. The minimum absolute atomic E-state index is 0.575. The number of benzene rings is 4. The summed E-state index contributed by atoms with van der Waals surface area (Å²) in [4.78, 5) is 18.2. The molecule has 56 heavy (non-hydrogen) atoms. The maximum atomic E-state index is 9.61. The number of fused-ring (bicyclic) bond motifs is 8. The van der Waals surface area contributed by atoms with Crippen molar-refractivity contribution < 1.29 is 9.47 Å². The first-order valence-electron chi connectivity index (χ1n) is 18.0. The van der Waals surface area contributed by atoms with Gasteiger partial charge in [0, 0.05) is 44.3 Å². The average molecular weight is 725 g/mol. The monoisotopic (exact) mass is 724 g/mol. The summed E-state index contributed by atoms with van der Waals surface area (Å²) in [6.45, 7) is 0. The number of aromatic nitrogens is 4. The van der Waals surface area contributed by atoms with E-state index in [1.54, 1.807) is 14.2 Å². The number of nitrogens with one attached hydrogen (secondary N) is 2. The number of rotatable bonds is 6. The Morgan fingerprint density at radius 1 is 0.429 bits per heavy atom. The molecule has 2 aliphatic rings. The third-order valence-corrected chi connectivity index (χ3v) is 10.1. The molecule has 266 valence electrons. The highest BCUT2D eigenvalue weighted by Crippen LogP contribution is 2.39. The van der Waals surface area contributed by atoms with Gasteiger partial charge in [0.25, 0.3) is 0 Å². The van der Waals surface area contributed by atoms with Crippen LogP contribution in [0.15, 0.2) is 121 Å². The summed E-state index contributed by atoms with van der Waals surface area (Å²) in [5.74, 6) is 1.46. The van der Waals surface area contributed by atoms with Crippen molar-refractivity contribution >= 4 is 46.4 Å². The van der Waals surface area contributed by atoms with Gasteiger partial charge < -0.3 is 19.4 Å². The first-order valence-corrected chi connectivity index (χ1v) is 18.0. The molecule has 0 saturated carbocycles. The van der Waals surface area contributed by atoms with E-state index in [2.05, 4.69) is 58.5 Å². The summed E-state index contributed by atoms with van der Waals surface area (Å²) in [7, 11) is 3.32. The van der Waals surface area contributed by atoms with Crippen molar-refractivity contribution in [3.05, 3.63) is 155 Å². The molecule has 9 rings (SSSR count). The van der Waals surface area contributed by atoms with Crippen LogP contribution >= 0.6 is 0 Å². The highest BCUT2D eigenvalue weighted by molar-refractivity contribution is 6.00. The average Bonchev–Trinajstić information content (AvgIpc) is 4.10. The van der Waals surface area contributed by atoms with Gasteiger partial charge in [-0.1, -0.05) is 48.5 Å². The molecular formula is C48H32N6O2. The second kappa shape index (κ2) is 14.1. The topological polar surface area (TPSA) is 123 Å². The summed E-state index contributed by atoms with van der Waals surface area (Å²) < 4.78 is 11.3. The normalized spacial score (nSPS) is 11.6. The van der Waals surface area contributed by atoms with Gasteiger partial charge in [-0.05, 0) is 119 Å². The van der Waals surface area contributed by atoms with Crippen molar-refractivity contribution in [2.75, 3.05) is 14.2 Å². The molecule has 0 radical (unpaired) electrons. The first-order chi connectivity index (χ1) is 27.5. The number of aromatic amines is 2. The smallest absolute Gasteiger partial charge is 0.119 e. The van der Waals surface area contributed by atoms with E-state index < -0.39 is 0 Å². The maximum absolute atomic E-state index is 9.61. The minimum Gasteiger partial charge on any atom is -0.497 e. The summed E-state index contributed by atoms with van der Waals surface area (Å²) in [5.41, 5.74) is 14.8. The molecule has 0 spiro atoms. The Morgan fingerprint density at radius 2 is 0.768 bits per heavy atom. The van der Waals surface area contributed by atoms with Gasteiger partial charge in [-0.2, -0.15) is 10.5 Å². The molecule has 8 nitrogen and oxygen atoms in total. The fourth-order valence-electron chi connectivity index (χ4n) is 7.40. The van der Waals surface area contributed by atoms with Crippen molar-refractivity contribution in [1.29, 1.82) is 10.5 Å². The van der Waals surface area contributed by atoms with E-state index in [4.69, 9.17) is 19.4 Å². The van der Waals surface area contributed by atoms with Crippen molar-refractivity contribution in [3.8, 4) is 68.1 Å². The molecule has 7 aromatic rings. The van der Waals surface area contributed by atoms with Crippen molar-refractivity contribution in [3.63, 3.8) is 0 Å². The van der Waals surface area contributed by atoms with Crippen LogP contribution < -0.4 is 9.47 Å². The number of nitrogens with zero attached hydrogens (tertiary/aromatic N) is 4. The third kappa shape index (κ3) is 6.08. The minimum atomic E-state index is 0.575. The number of hydrogen-bond acceptors (Lipinski definition) is 6. The zero-order valence-corrected chi connectivity index (χ0v) is 30.5. The Kier molecular flexibility index (Phi) is 8.55. The summed E-state index contributed by atoms with van der Waals surface area (Å²) >= 11 is 0. The maximum Gasteiger partial charge on any atom is 0.119 e. The number of methoxy groups -OCH3 is 2.